The van der Waals surface area contributed by atoms with Crippen LogP contribution in [0.15, 0.2) is 28.7 Å². The maximum absolute atomic E-state index is 11.2. The first kappa shape index (κ1) is 13.6. The summed E-state index contributed by atoms with van der Waals surface area (Å²) in [5.74, 6) is 0.945. The van der Waals surface area contributed by atoms with Crippen molar-refractivity contribution in [2.75, 3.05) is 6.61 Å². The highest BCUT2D eigenvalue weighted by Crippen LogP contribution is 2.40. The molecule has 0 radical (unpaired) electrons. The molecule has 1 fully saturated rings. The monoisotopic (exact) mass is 310 g/mol. The molecular weight excluding hydrogens is 292 g/mol. The Balaban J connectivity index is 1.98. The first-order chi connectivity index (χ1) is 8.70. The minimum Gasteiger partial charge on any atom is -0.465 e. The van der Waals surface area contributed by atoms with Gasteiger partial charge < -0.3 is 4.74 Å². The number of halogens is 1. The average Bonchev–Trinajstić information content (AvgIpc) is 2.85. The number of hydrogen-bond donors (Lipinski definition) is 0. The van der Waals surface area contributed by atoms with Gasteiger partial charge in [0.2, 0.25) is 0 Å². The van der Waals surface area contributed by atoms with E-state index < -0.39 is 0 Å². The van der Waals surface area contributed by atoms with E-state index >= 15 is 0 Å². The zero-order valence-electron chi connectivity index (χ0n) is 10.7. The van der Waals surface area contributed by atoms with Gasteiger partial charge in [0.05, 0.1) is 6.61 Å². The van der Waals surface area contributed by atoms with Gasteiger partial charge in [-0.15, -0.1) is 0 Å². The van der Waals surface area contributed by atoms with Gasteiger partial charge in [0.25, 0.3) is 0 Å². The van der Waals surface area contributed by atoms with Crippen LogP contribution in [-0.2, 0) is 9.53 Å². The highest BCUT2D eigenvalue weighted by Gasteiger charge is 2.29. The Bertz CT molecular complexity index is 399. The molecule has 1 aromatic rings. The lowest BCUT2D eigenvalue weighted by molar-refractivity contribution is -0.144. The summed E-state index contributed by atoms with van der Waals surface area (Å²) in [5.41, 5.74) is 1.37. The summed E-state index contributed by atoms with van der Waals surface area (Å²) >= 11 is 3.46. The molecule has 2 atom stereocenters. The molecule has 2 nitrogen and oxygen atoms in total. The Kier molecular flexibility index (Phi) is 4.81. The largest absolute Gasteiger partial charge is 0.465 e. The van der Waals surface area contributed by atoms with Gasteiger partial charge in [-0.1, -0.05) is 41.4 Å². The predicted molar refractivity (Wildman–Crippen MR) is 75.5 cm³/mol. The minimum absolute atomic E-state index is 0.0866. The van der Waals surface area contributed by atoms with Gasteiger partial charge in [-0.2, -0.15) is 0 Å². The van der Waals surface area contributed by atoms with E-state index in [4.69, 9.17) is 4.74 Å². The molecule has 0 bridgehead atoms. The van der Waals surface area contributed by atoms with Gasteiger partial charge >= 0.3 is 5.97 Å². The molecule has 0 aliphatic heterocycles. The third-order valence-corrected chi connectivity index (χ3v) is 4.23. The van der Waals surface area contributed by atoms with E-state index in [1.165, 1.54) is 18.4 Å². The quantitative estimate of drug-likeness (QED) is 0.776. The Morgan fingerprint density at radius 3 is 2.72 bits per heavy atom. The van der Waals surface area contributed by atoms with E-state index in [-0.39, 0.29) is 5.97 Å². The van der Waals surface area contributed by atoms with E-state index in [0.29, 0.717) is 24.9 Å². The van der Waals surface area contributed by atoms with Crippen LogP contribution >= 0.6 is 15.9 Å². The van der Waals surface area contributed by atoms with E-state index in [1.54, 1.807) is 0 Å². The first-order valence-electron chi connectivity index (χ1n) is 6.61. The molecule has 1 aliphatic carbocycles. The summed E-state index contributed by atoms with van der Waals surface area (Å²) in [4.78, 5) is 11.2. The molecule has 0 saturated heterocycles. The van der Waals surface area contributed by atoms with Gasteiger partial charge in [0.15, 0.2) is 0 Å². The molecule has 1 aromatic carbocycles. The molecule has 2 unspecified atom stereocenters. The van der Waals surface area contributed by atoms with E-state index in [9.17, 15) is 4.79 Å². The van der Waals surface area contributed by atoms with Crippen LogP contribution in [0.3, 0.4) is 0 Å². The number of carbonyl (C=O) groups excluding carboxylic acids is 1. The lowest BCUT2D eigenvalue weighted by Crippen LogP contribution is -2.16. The normalized spacial score (nSPS) is 23.0. The molecule has 1 saturated carbocycles. The highest BCUT2D eigenvalue weighted by molar-refractivity contribution is 9.10. The topological polar surface area (TPSA) is 26.3 Å². The third kappa shape index (κ3) is 3.35. The maximum Gasteiger partial charge on any atom is 0.305 e. The first-order valence-corrected chi connectivity index (χ1v) is 7.41. The molecule has 0 heterocycles. The van der Waals surface area contributed by atoms with Crippen molar-refractivity contribution in [2.45, 2.75) is 38.5 Å². The second kappa shape index (κ2) is 6.37. The lowest BCUT2D eigenvalue weighted by atomic mass is 9.89. The molecule has 1 aliphatic rings. The molecule has 0 N–H and O–H groups in total. The Morgan fingerprint density at radius 2 is 2.06 bits per heavy atom. The zero-order valence-corrected chi connectivity index (χ0v) is 12.3. The summed E-state index contributed by atoms with van der Waals surface area (Å²) in [6.45, 7) is 2.41. The Hall–Kier alpha value is -0.830. The third-order valence-electron chi connectivity index (χ3n) is 3.70. The van der Waals surface area contributed by atoms with Crippen molar-refractivity contribution >= 4 is 21.9 Å². The van der Waals surface area contributed by atoms with E-state index in [1.807, 2.05) is 6.92 Å². The smallest absolute Gasteiger partial charge is 0.305 e. The number of carbonyl (C=O) groups is 1. The summed E-state index contributed by atoms with van der Waals surface area (Å²) in [5, 5.41) is 0. The van der Waals surface area contributed by atoms with Gasteiger partial charge in [-0.3, -0.25) is 4.79 Å². The number of rotatable bonds is 4. The molecular formula is C15H19BrO2. The fraction of sp³-hybridized carbons (Fsp3) is 0.533. The van der Waals surface area contributed by atoms with Crippen LogP contribution in [-0.4, -0.2) is 12.6 Å². The Labute approximate surface area is 117 Å². The maximum atomic E-state index is 11.2. The van der Waals surface area contributed by atoms with Gasteiger partial charge in [-0.25, -0.2) is 0 Å². The predicted octanol–water partition coefficient (Wildman–Crippen LogP) is 4.29. The van der Waals surface area contributed by atoms with Crippen molar-refractivity contribution < 1.29 is 9.53 Å². The van der Waals surface area contributed by atoms with Crippen LogP contribution in [0.4, 0.5) is 0 Å². The summed E-state index contributed by atoms with van der Waals surface area (Å²) in [6.07, 6.45) is 4.07. The lowest BCUT2D eigenvalue weighted by Gasteiger charge is -2.19. The van der Waals surface area contributed by atoms with Gasteiger partial charge in [-0.05, 0) is 42.4 Å². The van der Waals surface area contributed by atoms with Crippen molar-refractivity contribution in [1.29, 1.82) is 0 Å². The van der Waals surface area contributed by atoms with E-state index in [0.717, 1.165) is 10.9 Å². The molecule has 2 rings (SSSR count). The van der Waals surface area contributed by atoms with Crippen molar-refractivity contribution in [3.05, 3.63) is 34.3 Å². The second-order valence-corrected chi connectivity index (χ2v) is 5.80. The summed E-state index contributed by atoms with van der Waals surface area (Å²) in [7, 11) is 0. The molecule has 0 spiro atoms. The minimum atomic E-state index is -0.0866. The molecule has 98 valence electrons. The number of esters is 1. The summed E-state index contributed by atoms with van der Waals surface area (Å²) < 4.78 is 6.41. The molecule has 18 heavy (non-hydrogen) atoms. The molecule has 3 heteroatoms. The van der Waals surface area contributed by atoms with Crippen molar-refractivity contribution in [3.63, 3.8) is 0 Å². The van der Waals surface area contributed by atoms with Gasteiger partial charge in [0.1, 0.15) is 0 Å². The van der Waals surface area contributed by atoms with Gasteiger partial charge in [0, 0.05) is 10.9 Å². The second-order valence-electron chi connectivity index (χ2n) is 4.89. The van der Waals surface area contributed by atoms with Crippen LogP contribution in [0, 0.1) is 5.92 Å². The van der Waals surface area contributed by atoms with Crippen LogP contribution < -0.4 is 0 Å². The fourth-order valence-electron chi connectivity index (χ4n) is 2.69. The molecule has 0 aromatic heterocycles. The van der Waals surface area contributed by atoms with Crippen molar-refractivity contribution in [3.8, 4) is 0 Å². The summed E-state index contributed by atoms with van der Waals surface area (Å²) in [6, 6.07) is 8.52. The van der Waals surface area contributed by atoms with Crippen LogP contribution in [0.25, 0.3) is 0 Å². The fourth-order valence-corrected chi connectivity index (χ4v) is 2.95. The number of ether oxygens (including phenoxy) is 1. The SMILES string of the molecule is CCC(=O)OCC1CCCC1c1ccc(Br)cc1. The highest BCUT2D eigenvalue weighted by atomic mass is 79.9. The zero-order chi connectivity index (χ0) is 13.0. The molecule has 0 amide bonds. The van der Waals surface area contributed by atoms with Crippen molar-refractivity contribution in [1.82, 2.24) is 0 Å². The standard InChI is InChI=1S/C15H19BrO2/c1-2-15(17)18-10-12-4-3-5-14(12)11-6-8-13(16)9-7-11/h6-9,12,14H,2-5,10H2,1H3. The van der Waals surface area contributed by atoms with Crippen molar-refractivity contribution in [2.24, 2.45) is 5.92 Å². The van der Waals surface area contributed by atoms with Crippen LogP contribution in [0.2, 0.25) is 0 Å². The van der Waals surface area contributed by atoms with Crippen LogP contribution in [0.5, 0.6) is 0 Å². The number of hydrogen-bond acceptors (Lipinski definition) is 2. The Morgan fingerprint density at radius 1 is 1.33 bits per heavy atom. The number of benzene rings is 1. The average molecular weight is 311 g/mol. The van der Waals surface area contributed by atoms with E-state index in [2.05, 4.69) is 40.2 Å². The van der Waals surface area contributed by atoms with Crippen LogP contribution in [0.1, 0.15) is 44.1 Å².